The van der Waals surface area contributed by atoms with E-state index in [1.54, 1.807) is 0 Å². The van der Waals surface area contributed by atoms with Gasteiger partial charge >= 0.3 is 5.97 Å². The Morgan fingerprint density at radius 2 is 2.00 bits per heavy atom. The van der Waals surface area contributed by atoms with Crippen LogP contribution in [0.25, 0.3) is 0 Å². The lowest BCUT2D eigenvalue weighted by Gasteiger charge is -2.40. The molecule has 3 atom stereocenters. The van der Waals surface area contributed by atoms with E-state index in [1.165, 1.54) is 32.1 Å². The Labute approximate surface area is 118 Å². The normalized spacial score (nSPS) is 25.8. The minimum atomic E-state index is -0.689. The van der Waals surface area contributed by atoms with Crippen molar-refractivity contribution in [3.05, 3.63) is 0 Å². The number of carboxylic acids is 1. The van der Waals surface area contributed by atoms with Crippen LogP contribution in [0, 0.1) is 11.8 Å². The highest BCUT2D eigenvalue weighted by Gasteiger charge is 2.30. The van der Waals surface area contributed by atoms with Crippen molar-refractivity contribution in [3.8, 4) is 0 Å². The van der Waals surface area contributed by atoms with Crippen LogP contribution in [0.3, 0.4) is 0 Å². The number of carboxylic acid groups (broad SMARTS) is 1. The first-order chi connectivity index (χ1) is 8.93. The Balaban J connectivity index is 2.64. The number of nitrogens with zero attached hydrogens (tertiary/aromatic N) is 1. The van der Waals surface area contributed by atoms with Gasteiger partial charge in [-0.3, -0.25) is 9.69 Å². The molecule has 3 heteroatoms. The number of hydrogen-bond acceptors (Lipinski definition) is 2. The lowest BCUT2D eigenvalue weighted by atomic mass is 9.80. The molecule has 0 aromatic heterocycles. The van der Waals surface area contributed by atoms with Crippen LogP contribution in [0.15, 0.2) is 0 Å². The van der Waals surface area contributed by atoms with E-state index in [4.69, 9.17) is 5.11 Å². The second kappa shape index (κ2) is 7.88. The number of aliphatic carboxylic acids is 1. The molecule has 1 aliphatic carbocycles. The topological polar surface area (TPSA) is 40.5 Å². The van der Waals surface area contributed by atoms with Crippen LogP contribution in [0.5, 0.6) is 0 Å². The SMILES string of the molecule is CCC(C)N(CC(=O)O)C1CCCC(CC(C)C)C1. The summed E-state index contributed by atoms with van der Waals surface area (Å²) in [4.78, 5) is 13.3. The van der Waals surface area contributed by atoms with Crippen molar-refractivity contribution < 1.29 is 9.90 Å². The summed E-state index contributed by atoms with van der Waals surface area (Å²) in [5, 5.41) is 9.13. The molecule has 19 heavy (non-hydrogen) atoms. The zero-order valence-corrected chi connectivity index (χ0v) is 13.1. The third kappa shape index (κ3) is 5.52. The van der Waals surface area contributed by atoms with Crippen LogP contribution in [0.4, 0.5) is 0 Å². The van der Waals surface area contributed by atoms with E-state index >= 15 is 0 Å². The minimum absolute atomic E-state index is 0.202. The Morgan fingerprint density at radius 3 is 2.53 bits per heavy atom. The van der Waals surface area contributed by atoms with Gasteiger partial charge in [-0.2, -0.15) is 0 Å². The number of carbonyl (C=O) groups is 1. The summed E-state index contributed by atoms with van der Waals surface area (Å²) in [5.41, 5.74) is 0. The summed E-state index contributed by atoms with van der Waals surface area (Å²) in [6.07, 6.45) is 7.27. The van der Waals surface area contributed by atoms with Crippen LogP contribution in [-0.2, 0) is 4.79 Å². The van der Waals surface area contributed by atoms with Gasteiger partial charge in [0.15, 0.2) is 0 Å². The number of hydrogen-bond donors (Lipinski definition) is 1. The summed E-state index contributed by atoms with van der Waals surface area (Å²) in [7, 11) is 0. The maximum atomic E-state index is 11.1. The van der Waals surface area contributed by atoms with E-state index in [-0.39, 0.29) is 6.54 Å². The first-order valence-electron chi connectivity index (χ1n) is 7.91. The van der Waals surface area contributed by atoms with E-state index < -0.39 is 5.97 Å². The molecule has 1 rings (SSSR count). The minimum Gasteiger partial charge on any atom is -0.480 e. The smallest absolute Gasteiger partial charge is 0.317 e. The van der Waals surface area contributed by atoms with Crippen LogP contribution in [0.1, 0.15) is 66.2 Å². The molecule has 1 saturated carbocycles. The third-order valence-electron chi connectivity index (χ3n) is 4.50. The maximum absolute atomic E-state index is 11.1. The van der Waals surface area contributed by atoms with E-state index in [0.29, 0.717) is 12.1 Å². The second-order valence-electron chi connectivity index (χ2n) is 6.64. The Morgan fingerprint density at radius 1 is 1.32 bits per heavy atom. The van der Waals surface area contributed by atoms with Crippen molar-refractivity contribution in [1.82, 2.24) is 4.90 Å². The molecule has 0 bridgehead atoms. The summed E-state index contributed by atoms with van der Waals surface area (Å²) >= 11 is 0. The van der Waals surface area contributed by atoms with Gasteiger partial charge in [-0.25, -0.2) is 0 Å². The van der Waals surface area contributed by atoms with Crippen molar-refractivity contribution in [2.24, 2.45) is 11.8 Å². The molecule has 0 spiro atoms. The van der Waals surface area contributed by atoms with E-state index in [2.05, 4.69) is 32.6 Å². The molecule has 0 saturated heterocycles. The van der Waals surface area contributed by atoms with Gasteiger partial charge in [-0.1, -0.05) is 33.6 Å². The molecular formula is C16H31NO2. The first kappa shape index (κ1) is 16.5. The molecule has 1 N–H and O–H groups in total. The fraction of sp³-hybridized carbons (Fsp3) is 0.938. The predicted octanol–water partition coefficient (Wildman–Crippen LogP) is 3.78. The molecule has 1 aliphatic rings. The molecule has 0 radical (unpaired) electrons. The predicted molar refractivity (Wildman–Crippen MR) is 79.3 cm³/mol. The summed E-state index contributed by atoms with van der Waals surface area (Å²) in [6, 6.07) is 0.849. The fourth-order valence-corrected chi connectivity index (χ4v) is 3.48. The Hall–Kier alpha value is -0.570. The van der Waals surface area contributed by atoms with Crippen molar-refractivity contribution in [2.75, 3.05) is 6.54 Å². The highest BCUT2D eigenvalue weighted by Crippen LogP contribution is 2.32. The monoisotopic (exact) mass is 269 g/mol. The molecule has 3 unspecified atom stereocenters. The maximum Gasteiger partial charge on any atom is 0.317 e. The van der Waals surface area contributed by atoms with Crippen molar-refractivity contribution >= 4 is 5.97 Å². The van der Waals surface area contributed by atoms with Gasteiger partial charge in [0.25, 0.3) is 0 Å². The lowest BCUT2D eigenvalue weighted by Crippen LogP contribution is -2.46. The standard InChI is InChI=1S/C16H31NO2/c1-5-13(4)17(11-16(18)19)15-8-6-7-14(10-15)9-12(2)3/h12-15H,5-11H2,1-4H3,(H,18,19). The molecule has 0 heterocycles. The lowest BCUT2D eigenvalue weighted by molar-refractivity contribution is -0.140. The highest BCUT2D eigenvalue weighted by atomic mass is 16.4. The average molecular weight is 269 g/mol. The zero-order chi connectivity index (χ0) is 14.4. The summed E-state index contributed by atoms with van der Waals surface area (Å²) in [5.74, 6) is 0.852. The molecule has 0 amide bonds. The third-order valence-corrected chi connectivity index (χ3v) is 4.50. The highest BCUT2D eigenvalue weighted by molar-refractivity contribution is 5.69. The molecule has 3 nitrogen and oxygen atoms in total. The fourth-order valence-electron chi connectivity index (χ4n) is 3.48. The number of rotatable bonds is 7. The first-order valence-corrected chi connectivity index (χ1v) is 7.91. The molecule has 0 aliphatic heterocycles. The van der Waals surface area contributed by atoms with E-state index in [0.717, 1.165) is 18.3 Å². The van der Waals surface area contributed by atoms with Gasteiger partial charge in [0.2, 0.25) is 0 Å². The van der Waals surface area contributed by atoms with Gasteiger partial charge in [0.1, 0.15) is 0 Å². The van der Waals surface area contributed by atoms with E-state index in [1.807, 2.05) is 0 Å². The van der Waals surface area contributed by atoms with Crippen LogP contribution in [-0.4, -0.2) is 34.6 Å². The molecule has 112 valence electrons. The quantitative estimate of drug-likeness (QED) is 0.764. The zero-order valence-electron chi connectivity index (χ0n) is 13.1. The van der Waals surface area contributed by atoms with Gasteiger partial charge in [0, 0.05) is 12.1 Å². The van der Waals surface area contributed by atoms with Gasteiger partial charge in [0.05, 0.1) is 6.54 Å². The molecule has 1 fully saturated rings. The van der Waals surface area contributed by atoms with E-state index in [9.17, 15) is 4.79 Å². The largest absolute Gasteiger partial charge is 0.480 e. The molecular weight excluding hydrogens is 238 g/mol. The molecule has 0 aromatic carbocycles. The van der Waals surface area contributed by atoms with Crippen LogP contribution in [0.2, 0.25) is 0 Å². The average Bonchev–Trinajstić information content (AvgIpc) is 2.34. The Kier molecular flexibility index (Phi) is 6.84. The van der Waals surface area contributed by atoms with Gasteiger partial charge in [-0.15, -0.1) is 0 Å². The summed E-state index contributed by atoms with van der Waals surface area (Å²) in [6.45, 7) is 9.08. The van der Waals surface area contributed by atoms with Crippen molar-refractivity contribution in [1.29, 1.82) is 0 Å². The second-order valence-corrected chi connectivity index (χ2v) is 6.64. The van der Waals surface area contributed by atoms with Gasteiger partial charge < -0.3 is 5.11 Å². The van der Waals surface area contributed by atoms with Crippen molar-refractivity contribution in [2.45, 2.75) is 78.3 Å². The van der Waals surface area contributed by atoms with Crippen LogP contribution < -0.4 is 0 Å². The summed E-state index contributed by atoms with van der Waals surface area (Å²) < 4.78 is 0. The van der Waals surface area contributed by atoms with Crippen LogP contribution >= 0.6 is 0 Å². The Bertz CT molecular complexity index is 278. The van der Waals surface area contributed by atoms with Crippen molar-refractivity contribution in [3.63, 3.8) is 0 Å². The molecule has 0 aromatic rings. The van der Waals surface area contributed by atoms with Gasteiger partial charge in [-0.05, 0) is 44.4 Å².